The lowest BCUT2D eigenvalue weighted by atomic mass is 9.98. The van der Waals surface area contributed by atoms with Gasteiger partial charge in [0.1, 0.15) is 5.75 Å². The lowest BCUT2D eigenvalue weighted by molar-refractivity contribution is -0.139. The van der Waals surface area contributed by atoms with Crippen LogP contribution in [0.3, 0.4) is 0 Å². The maximum Gasteiger partial charge on any atom is 0.341 e. The first kappa shape index (κ1) is 21.5. The van der Waals surface area contributed by atoms with Crippen LogP contribution in [0.2, 0.25) is 5.02 Å². The van der Waals surface area contributed by atoms with Crippen molar-refractivity contribution in [2.45, 2.75) is 4.90 Å². The van der Waals surface area contributed by atoms with E-state index in [2.05, 4.69) is 34.1 Å². The minimum atomic E-state index is -1.00. The van der Waals surface area contributed by atoms with Gasteiger partial charge in [0.25, 0.3) is 0 Å². The second-order valence-electron chi connectivity index (χ2n) is 6.05. The number of ether oxygens (including phenoxy) is 1. The number of carboxylic acid groups (broad SMARTS) is 1. The third-order valence-corrected chi connectivity index (χ3v) is 6.29. The molecule has 0 spiro atoms. The molecule has 29 heavy (non-hydrogen) atoms. The average molecular weight is 490 g/mol. The zero-order valence-corrected chi connectivity index (χ0v) is 18.5. The van der Waals surface area contributed by atoms with Gasteiger partial charge in [-0.2, -0.15) is 0 Å². The van der Waals surface area contributed by atoms with Gasteiger partial charge in [-0.25, -0.2) is 4.79 Å². The van der Waals surface area contributed by atoms with Crippen LogP contribution in [0, 0.1) is 0 Å². The minimum absolute atomic E-state index is 0.361. The highest BCUT2D eigenvalue weighted by molar-refractivity contribution is 9.10. The Morgan fingerprint density at radius 1 is 1.07 bits per heavy atom. The molecular weight excluding hydrogens is 472 g/mol. The second-order valence-corrected chi connectivity index (χ2v) is 8.37. The zero-order chi connectivity index (χ0) is 20.6. The van der Waals surface area contributed by atoms with Crippen molar-refractivity contribution in [2.75, 3.05) is 12.4 Å². The van der Waals surface area contributed by atoms with Crippen LogP contribution in [-0.2, 0) is 4.79 Å². The lowest BCUT2D eigenvalue weighted by Gasteiger charge is -2.11. The summed E-state index contributed by atoms with van der Waals surface area (Å²) in [5.74, 6) is 0.251. The molecule has 3 nitrogen and oxygen atoms in total. The lowest BCUT2D eigenvalue weighted by Crippen LogP contribution is -2.09. The fourth-order valence-corrected chi connectivity index (χ4v) is 4.46. The first-order valence-corrected chi connectivity index (χ1v) is 11.0. The molecule has 6 heteroatoms. The summed E-state index contributed by atoms with van der Waals surface area (Å²) in [5.41, 5.74) is 3.19. The average Bonchev–Trinajstić information content (AvgIpc) is 2.72. The van der Waals surface area contributed by atoms with E-state index in [0.717, 1.165) is 31.8 Å². The van der Waals surface area contributed by atoms with Crippen molar-refractivity contribution in [2.24, 2.45) is 0 Å². The van der Waals surface area contributed by atoms with Crippen molar-refractivity contribution < 1.29 is 14.6 Å². The van der Waals surface area contributed by atoms with Gasteiger partial charge < -0.3 is 9.84 Å². The maximum atomic E-state index is 10.6. The molecule has 0 radical (unpaired) electrons. The van der Waals surface area contributed by atoms with Crippen LogP contribution in [0.25, 0.3) is 5.57 Å². The maximum absolute atomic E-state index is 10.6. The van der Waals surface area contributed by atoms with Crippen molar-refractivity contribution in [3.8, 4) is 5.75 Å². The van der Waals surface area contributed by atoms with Gasteiger partial charge in [-0.1, -0.05) is 66.2 Å². The van der Waals surface area contributed by atoms with Gasteiger partial charge in [-0.3, -0.25) is 0 Å². The van der Waals surface area contributed by atoms with Gasteiger partial charge in [0.2, 0.25) is 0 Å². The summed E-state index contributed by atoms with van der Waals surface area (Å²) >= 11 is 11.6. The quantitative estimate of drug-likeness (QED) is 0.354. The molecule has 0 atom stereocenters. The standard InChI is InChI=1S/C23H18BrClO3S/c24-20-14-17(28-15-23(26)27)10-11-22(20)29-13-12-18(16-6-2-1-3-7-16)19-8-4-5-9-21(19)25/h1-12,14H,13,15H2,(H,26,27)/b18-12-. The van der Waals surface area contributed by atoms with Gasteiger partial charge in [-0.05, 0) is 51.3 Å². The fourth-order valence-electron chi connectivity index (χ4n) is 2.73. The zero-order valence-electron chi connectivity index (χ0n) is 15.3. The first-order valence-electron chi connectivity index (χ1n) is 8.82. The molecule has 1 N–H and O–H groups in total. The van der Waals surface area contributed by atoms with Crippen molar-refractivity contribution in [1.82, 2.24) is 0 Å². The second kappa shape index (κ2) is 10.5. The highest BCUT2D eigenvalue weighted by atomic mass is 79.9. The Morgan fingerprint density at radius 2 is 1.79 bits per heavy atom. The van der Waals surface area contributed by atoms with Crippen LogP contribution in [0.15, 0.2) is 88.2 Å². The Labute approximate surface area is 187 Å². The number of halogens is 2. The summed E-state index contributed by atoms with van der Waals surface area (Å²) in [5, 5.41) is 9.43. The van der Waals surface area contributed by atoms with E-state index in [4.69, 9.17) is 21.4 Å². The largest absolute Gasteiger partial charge is 0.482 e. The Morgan fingerprint density at radius 3 is 2.48 bits per heavy atom. The molecule has 0 saturated carbocycles. The first-order chi connectivity index (χ1) is 14.0. The number of thioether (sulfide) groups is 1. The molecule has 0 fully saturated rings. The van der Waals surface area contributed by atoms with Crippen LogP contribution in [0.4, 0.5) is 0 Å². The van der Waals surface area contributed by atoms with Crippen LogP contribution in [0.5, 0.6) is 5.75 Å². The molecule has 0 bridgehead atoms. The molecule has 3 aromatic rings. The topological polar surface area (TPSA) is 46.5 Å². The third-order valence-electron chi connectivity index (χ3n) is 4.04. The van der Waals surface area contributed by atoms with Crippen LogP contribution < -0.4 is 4.74 Å². The molecule has 3 aromatic carbocycles. The number of benzene rings is 3. The van der Waals surface area contributed by atoms with Crippen LogP contribution >= 0.6 is 39.3 Å². The third kappa shape index (κ3) is 6.13. The van der Waals surface area contributed by atoms with E-state index in [1.165, 1.54) is 0 Å². The van der Waals surface area contributed by atoms with Crippen LogP contribution in [0.1, 0.15) is 11.1 Å². The van der Waals surface area contributed by atoms with Crippen molar-refractivity contribution in [3.05, 3.63) is 99.5 Å². The van der Waals surface area contributed by atoms with E-state index < -0.39 is 5.97 Å². The minimum Gasteiger partial charge on any atom is -0.482 e. The number of aliphatic carboxylic acids is 1. The van der Waals surface area contributed by atoms with E-state index in [1.807, 2.05) is 48.5 Å². The van der Waals surface area contributed by atoms with E-state index in [1.54, 1.807) is 23.9 Å². The van der Waals surface area contributed by atoms with E-state index >= 15 is 0 Å². The Bertz CT molecular complexity index is 1020. The number of hydrogen-bond acceptors (Lipinski definition) is 3. The SMILES string of the molecule is O=C(O)COc1ccc(SC/C=C(/c2ccccc2)c2ccccc2Cl)c(Br)c1. The van der Waals surface area contributed by atoms with Gasteiger partial charge in [0.15, 0.2) is 6.61 Å². The van der Waals surface area contributed by atoms with Gasteiger partial charge in [-0.15, -0.1) is 11.8 Å². The Hall–Kier alpha value is -2.21. The number of rotatable bonds is 8. The summed E-state index contributed by atoms with van der Waals surface area (Å²) < 4.78 is 6.07. The molecular formula is C23H18BrClO3S. The summed E-state index contributed by atoms with van der Waals surface area (Å²) in [6, 6.07) is 23.5. The summed E-state index contributed by atoms with van der Waals surface area (Å²) in [6.45, 7) is -0.361. The van der Waals surface area contributed by atoms with E-state index in [0.29, 0.717) is 10.8 Å². The highest BCUT2D eigenvalue weighted by Crippen LogP contribution is 2.33. The Kier molecular flexibility index (Phi) is 7.81. The van der Waals surface area contributed by atoms with Gasteiger partial charge in [0.05, 0.1) is 0 Å². The highest BCUT2D eigenvalue weighted by Gasteiger charge is 2.09. The molecule has 0 aliphatic heterocycles. The van der Waals surface area contributed by atoms with Crippen molar-refractivity contribution >= 4 is 50.8 Å². The molecule has 0 aromatic heterocycles. The predicted molar refractivity (Wildman–Crippen MR) is 123 cm³/mol. The Balaban J connectivity index is 1.78. The summed E-state index contributed by atoms with van der Waals surface area (Å²) in [6.07, 6.45) is 2.17. The smallest absolute Gasteiger partial charge is 0.341 e. The summed E-state index contributed by atoms with van der Waals surface area (Å²) in [4.78, 5) is 11.7. The molecule has 0 aliphatic rings. The monoisotopic (exact) mass is 488 g/mol. The molecule has 148 valence electrons. The van der Waals surface area contributed by atoms with Crippen molar-refractivity contribution in [1.29, 1.82) is 0 Å². The van der Waals surface area contributed by atoms with E-state index in [9.17, 15) is 4.79 Å². The van der Waals surface area contributed by atoms with Gasteiger partial charge in [0, 0.05) is 25.7 Å². The molecule has 0 heterocycles. The normalized spacial score (nSPS) is 11.3. The molecule has 0 saturated heterocycles. The van der Waals surface area contributed by atoms with Crippen molar-refractivity contribution in [3.63, 3.8) is 0 Å². The molecule has 3 rings (SSSR count). The number of carboxylic acids is 1. The predicted octanol–water partition coefficient (Wildman–Crippen LogP) is 6.79. The summed E-state index contributed by atoms with van der Waals surface area (Å²) in [7, 11) is 0. The van der Waals surface area contributed by atoms with Crippen LogP contribution in [-0.4, -0.2) is 23.4 Å². The van der Waals surface area contributed by atoms with E-state index in [-0.39, 0.29) is 6.61 Å². The molecule has 0 aliphatic carbocycles. The number of hydrogen-bond donors (Lipinski definition) is 1. The number of carbonyl (C=O) groups is 1. The fraction of sp³-hybridized carbons (Fsp3) is 0.0870. The van der Waals surface area contributed by atoms with Gasteiger partial charge >= 0.3 is 5.97 Å². The molecule has 0 amide bonds. The molecule has 0 unspecified atom stereocenters.